The summed E-state index contributed by atoms with van der Waals surface area (Å²) in [4.78, 5) is 14.8. The minimum atomic E-state index is -0.155. The number of benzene rings is 1. The van der Waals surface area contributed by atoms with Crippen LogP contribution in [0.5, 0.6) is 0 Å². The van der Waals surface area contributed by atoms with Crippen molar-refractivity contribution in [2.24, 2.45) is 0 Å². The van der Waals surface area contributed by atoms with Gasteiger partial charge in [-0.2, -0.15) is 5.10 Å². The SMILES string of the molecule is CCN(C(=O)Cc1[nH]nc2ccccc12)C1CCOC(C)(C)C1. The molecule has 0 spiro atoms. The number of H-pyrrole nitrogens is 1. The van der Waals surface area contributed by atoms with Crippen LogP contribution in [0.2, 0.25) is 0 Å². The lowest BCUT2D eigenvalue weighted by atomic mass is 9.92. The number of aromatic nitrogens is 2. The van der Waals surface area contributed by atoms with Crippen molar-refractivity contribution in [1.82, 2.24) is 15.1 Å². The van der Waals surface area contributed by atoms with E-state index < -0.39 is 0 Å². The minimum Gasteiger partial charge on any atom is -0.375 e. The number of likely N-dealkylation sites (N-methyl/N-ethyl adjacent to an activating group) is 1. The van der Waals surface area contributed by atoms with Crippen LogP contribution >= 0.6 is 0 Å². The molecule has 1 saturated heterocycles. The second-order valence-electron chi connectivity index (χ2n) is 6.83. The first-order valence-electron chi connectivity index (χ1n) is 8.35. The van der Waals surface area contributed by atoms with Crippen molar-refractivity contribution in [2.75, 3.05) is 13.2 Å². The predicted molar refractivity (Wildman–Crippen MR) is 90.2 cm³/mol. The van der Waals surface area contributed by atoms with Gasteiger partial charge >= 0.3 is 0 Å². The highest BCUT2D eigenvalue weighted by Crippen LogP contribution is 2.28. The van der Waals surface area contributed by atoms with Gasteiger partial charge in [-0.05, 0) is 39.7 Å². The summed E-state index contributed by atoms with van der Waals surface area (Å²) < 4.78 is 5.78. The molecular formula is C18H25N3O2. The topological polar surface area (TPSA) is 58.2 Å². The first-order valence-corrected chi connectivity index (χ1v) is 8.35. The maximum atomic E-state index is 12.8. The highest BCUT2D eigenvalue weighted by molar-refractivity contribution is 5.87. The molecule has 5 heteroatoms. The zero-order valence-corrected chi connectivity index (χ0v) is 14.1. The molecular weight excluding hydrogens is 290 g/mol. The number of carbonyl (C=O) groups is 1. The average Bonchev–Trinajstić information content (AvgIpc) is 2.90. The van der Waals surface area contributed by atoms with E-state index in [1.165, 1.54) is 0 Å². The summed E-state index contributed by atoms with van der Waals surface area (Å²) in [6, 6.07) is 8.15. The van der Waals surface area contributed by atoms with Crippen molar-refractivity contribution in [1.29, 1.82) is 0 Å². The third-order valence-corrected chi connectivity index (χ3v) is 4.64. The van der Waals surface area contributed by atoms with E-state index >= 15 is 0 Å². The van der Waals surface area contributed by atoms with Crippen molar-refractivity contribution in [2.45, 2.75) is 51.7 Å². The van der Waals surface area contributed by atoms with E-state index in [-0.39, 0.29) is 17.6 Å². The van der Waals surface area contributed by atoms with Gasteiger partial charge in [0.1, 0.15) is 0 Å². The van der Waals surface area contributed by atoms with Gasteiger partial charge in [0.15, 0.2) is 0 Å². The maximum absolute atomic E-state index is 12.8. The number of fused-ring (bicyclic) bond motifs is 1. The fourth-order valence-corrected chi connectivity index (χ4v) is 3.51. The molecule has 0 saturated carbocycles. The van der Waals surface area contributed by atoms with Crippen molar-refractivity contribution >= 4 is 16.8 Å². The third-order valence-electron chi connectivity index (χ3n) is 4.64. The summed E-state index contributed by atoms with van der Waals surface area (Å²) in [6.45, 7) is 7.69. The van der Waals surface area contributed by atoms with Gasteiger partial charge in [0.05, 0.1) is 23.2 Å². The second-order valence-corrected chi connectivity index (χ2v) is 6.83. The van der Waals surface area contributed by atoms with E-state index in [0.717, 1.165) is 36.0 Å². The normalized spacial score (nSPS) is 20.6. The largest absolute Gasteiger partial charge is 0.375 e. The lowest BCUT2D eigenvalue weighted by Crippen LogP contribution is -2.48. The highest BCUT2D eigenvalue weighted by atomic mass is 16.5. The van der Waals surface area contributed by atoms with Crippen molar-refractivity contribution in [3.05, 3.63) is 30.0 Å². The van der Waals surface area contributed by atoms with Crippen LogP contribution in [0.4, 0.5) is 0 Å². The molecule has 1 aliphatic heterocycles. The number of ether oxygens (including phenoxy) is 1. The molecule has 1 atom stereocenters. The Morgan fingerprint density at radius 3 is 2.96 bits per heavy atom. The van der Waals surface area contributed by atoms with Gasteiger partial charge in [0.2, 0.25) is 5.91 Å². The Labute approximate surface area is 137 Å². The number of aromatic amines is 1. The Kier molecular flexibility index (Phi) is 4.39. The molecule has 5 nitrogen and oxygen atoms in total. The van der Waals surface area contributed by atoms with Crippen LogP contribution in [0.3, 0.4) is 0 Å². The lowest BCUT2D eigenvalue weighted by molar-refractivity contribution is -0.139. The van der Waals surface area contributed by atoms with Crippen LogP contribution in [-0.4, -0.2) is 45.8 Å². The summed E-state index contributed by atoms with van der Waals surface area (Å²) in [5.74, 6) is 0.157. The number of amides is 1. The van der Waals surface area contributed by atoms with Crippen LogP contribution in [0.15, 0.2) is 24.3 Å². The van der Waals surface area contributed by atoms with Crippen molar-refractivity contribution in [3.63, 3.8) is 0 Å². The molecule has 3 rings (SSSR count). The maximum Gasteiger partial charge on any atom is 0.228 e. The van der Waals surface area contributed by atoms with Gasteiger partial charge in [-0.1, -0.05) is 18.2 Å². The number of rotatable bonds is 4. The molecule has 1 aliphatic rings. The van der Waals surface area contributed by atoms with Gasteiger partial charge in [-0.25, -0.2) is 0 Å². The third kappa shape index (κ3) is 3.39. The molecule has 2 aromatic rings. The Hall–Kier alpha value is -1.88. The zero-order chi connectivity index (χ0) is 16.4. The molecule has 0 radical (unpaired) electrons. The summed E-state index contributed by atoms with van der Waals surface area (Å²) >= 11 is 0. The number of nitrogens with one attached hydrogen (secondary N) is 1. The van der Waals surface area contributed by atoms with Crippen LogP contribution in [0, 0.1) is 0 Å². The van der Waals surface area contributed by atoms with Gasteiger partial charge in [0, 0.05) is 24.6 Å². The molecule has 23 heavy (non-hydrogen) atoms. The zero-order valence-electron chi connectivity index (χ0n) is 14.1. The molecule has 124 valence electrons. The monoisotopic (exact) mass is 315 g/mol. The first-order chi connectivity index (χ1) is 11.0. The quantitative estimate of drug-likeness (QED) is 0.944. The van der Waals surface area contributed by atoms with Crippen LogP contribution in [0.25, 0.3) is 10.9 Å². The fraction of sp³-hybridized carbons (Fsp3) is 0.556. The summed E-state index contributed by atoms with van der Waals surface area (Å²) in [5.41, 5.74) is 1.65. The van der Waals surface area contributed by atoms with Crippen LogP contribution < -0.4 is 0 Å². The van der Waals surface area contributed by atoms with Gasteiger partial charge < -0.3 is 9.64 Å². The van der Waals surface area contributed by atoms with Gasteiger partial charge in [-0.15, -0.1) is 0 Å². The standard InChI is InChI=1S/C18H25N3O2/c1-4-21(13-9-10-23-18(2,3)12-13)17(22)11-16-14-7-5-6-8-15(14)19-20-16/h5-8,13H,4,9-12H2,1-3H3,(H,19,20). The lowest BCUT2D eigenvalue weighted by Gasteiger charge is -2.41. The Balaban J connectivity index is 1.75. The number of carbonyl (C=O) groups excluding carboxylic acids is 1. The first kappa shape index (κ1) is 16.0. The molecule has 0 bridgehead atoms. The van der Waals surface area contributed by atoms with E-state index in [1.54, 1.807) is 0 Å². The molecule has 0 aliphatic carbocycles. The number of hydrogen-bond acceptors (Lipinski definition) is 3. The van der Waals surface area contributed by atoms with Crippen LogP contribution in [0.1, 0.15) is 39.3 Å². The number of nitrogens with zero attached hydrogens (tertiary/aromatic N) is 2. The number of para-hydroxylation sites is 1. The molecule has 1 unspecified atom stereocenters. The van der Waals surface area contributed by atoms with E-state index in [2.05, 4.69) is 24.0 Å². The van der Waals surface area contributed by atoms with E-state index in [9.17, 15) is 4.79 Å². The summed E-state index contributed by atoms with van der Waals surface area (Å²) in [6.07, 6.45) is 2.16. The highest BCUT2D eigenvalue weighted by Gasteiger charge is 2.33. The average molecular weight is 315 g/mol. The Morgan fingerprint density at radius 2 is 2.22 bits per heavy atom. The molecule has 1 aromatic carbocycles. The fourth-order valence-electron chi connectivity index (χ4n) is 3.51. The van der Waals surface area contributed by atoms with Gasteiger partial charge in [-0.3, -0.25) is 9.89 Å². The van der Waals surface area contributed by atoms with E-state index in [0.29, 0.717) is 13.0 Å². The minimum absolute atomic E-state index is 0.155. The smallest absolute Gasteiger partial charge is 0.228 e. The second kappa shape index (κ2) is 6.32. The predicted octanol–water partition coefficient (Wildman–Crippen LogP) is 2.91. The summed E-state index contributed by atoms with van der Waals surface area (Å²) in [7, 11) is 0. The Morgan fingerprint density at radius 1 is 1.43 bits per heavy atom. The molecule has 1 fully saturated rings. The van der Waals surface area contributed by atoms with Gasteiger partial charge in [0.25, 0.3) is 0 Å². The van der Waals surface area contributed by atoms with E-state index in [1.807, 2.05) is 36.1 Å². The summed E-state index contributed by atoms with van der Waals surface area (Å²) in [5, 5.41) is 8.33. The molecule has 1 amide bonds. The van der Waals surface area contributed by atoms with Crippen molar-refractivity contribution in [3.8, 4) is 0 Å². The van der Waals surface area contributed by atoms with Crippen LogP contribution in [-0.2, 0) is 16.0 Å². The Bertz CT molecular complexity index is 692. The molecule has 2 heterocycles. The van der Waals surface area contributed by atoms with E-state index in [4.69, 9.17) is 4.74 Å². The molecule has 1 N–H and O–H groups in total. The number of hydrogen-bond donors (Lipinski definition) is 1. The molecule has 1 aromatic heterocycles. The van der Waals surface area contributed by atoms with Crippen molar-refractivity contribution < 1.29 is 9.53 Å².